The molecule has 3 rings (SSSR count). The Morgan fingerprint density at radius 1 is 1.40 bits per heavy atom. The summed E-state index contributed by atoms with van der Waals surface area (Å²) in [5, 5.41) is 0. The van der Waals surface area contributed by atoms with Crippen molar-refractivity contribution < 1.29 is 4.74 Å². The van der Waals surface area contributed by atoms with E-state index < -0.39 is 0 Å². The number of anilines is 1. The number of methoxy groups -OCH3 is 1. The molecule has 0 bridgehead atoms. The zero-order valence-electron chi connectivity index (χ0n) is 11.8. The van der Waals surface area contributed by atoms with E-state index in [-0.39, 0.29) is 0 Å². The number of nitrogens with one attached hydrogen (secondary N) is 1. The largest absolute Gasteiger partial charge is 0.467 e. The summed E-state index contributed by atoms with van der Waals surface area (Å²) in [6.45, 7) is 3.89. The molecule has 20 heavy (non-hydrogen) atoms. The third-order valence-electron chi connectivity index (χ3n) is 3.65. The number of aryl methyl sites for hydroxylation is 1. The standard InChI is InChI=1S/C14H19N5O/c1-10-8-12(18-14(17-10)20-2)19-7-3-4-11(9-19)13-15-5-6-16-13/h5-6,8,11H,3-4,7,9H2,1-2H3,(H,15,16). The molecule has 0 aliphatic carbocycles. The highest BCUT2D eigenvalue weighted by Gasteiger charge is 2.24. The van der Waals surface area contributed by atoms with Gasteiger partial charge < -0.3 is 14.6 Å². The summed E-state index contributed by atoms with van der Waals surface area (Å²) in [5.41, 5.74) is 0.923. The number of hydrogen-bond donors (Lipinski definition) is 1. The van der Waals surface area contributed by atoms with Crippen molar-refractivity contribution in [1.82, 2.24) is 19.9 Å². The molecule has 3 heterocycles. The number of hydrogen-bond acceptors (Lipinski definition) is 5. The lowest BCUT2D eigenvalue weighted by Gasteiger charge is -2.32. The van der Waals surface area contributed by atoms with Gasteiger partial charge in [-0.25, -0.2) is 9.97 Å². The van der Waals surface area contributed by atoms with Gasteiger partial charge in [-0.2, -0.15) is 4.98 Å². The number of rotatable bonds is 3. The minimum absolute atomic E-state index is 0.431. The SMILES string of the molecule is COc1nc(C)cc(N2CCCC(c3ncc[nH]3)C2)n1. The molecule has 0 saturated carbocycles. The van der Waals surface area contributed by atoms with Gasteiger partial charge in [0.2, 0.25) is 0 Å². The summed E-state index contributed by atoms with van der Waals surface area (Å²) in [5.74, 6) is 2.43. The Morgan fingerprint density at radius 2 is 2.30 bits per heavy atom. The summed E-state index contributed by atoms with van der Waals surface area (Å²) < 4.78 is 5.16. The Labute approximate surface area is 118 Å². The van der Waals surface area contributed by atoms with E-state index in [1.54, 1.807) is 7.11 Å². The van der Waals surface area contributed by atoms with Crippen LogP contribution in [-0.4, -0.2) is 40.1 Å². The molecule has 6 nitrogen and oxygen atoms in total. The molecule has 1 fully saturated rings. The van der Waals surface area contributed by atoms with Gasteiger partial charge in [-0.1, -0.05) is 0 Å². The Hall–Kier alpha value is -2.11. The minimum atomic E-state index is 0.431. The highest BCUT2D eigenvalue weighted by Crippen LogP contribution is 2.28. The minimum Gasteiger partial charge on any atom is -0.467 e. The molecule has 1 saturated heterocycles. The van der Waals surface area contributed by atoms with Gasteiger partial charge in [-0.15, -0.1) is 0 Å². The number of ether oxygens (including phenoxy) is 1. The van der Waals surface area contributed by atoms with Gasteiger partial charge in [-0.05, 0) is 19.8 Å². The fourth-order valence-corrected chi connectivity index (χ4v) is 2.69. The Balaban J connectivity index is 1.81. The first kappa shape index (κ1) is 12.9. The van der Waals surface area contributed by atoms with Crippen LogP contribution in [0.5, 0.6) is 6.01 Å². The Kier molecular flexibility index (Phi) is 3.54. The van der Waals surface area contributed by atoms with E-state index in [0.29, 0.717) is 11.9 Å². The van der Waals surface area contributed by atoms with Crippen molar-refractivity contribution in [3.05, 3.63) is 30.0 Å². The summed E-state index contributed by atoms with van der Waals surface area (Å²) >= 11 is 0. The maximum atomic E-state index is 5.16. The summed E-state index contributed by atoms with van der Waals surface area (Å²) in [6, 6.07) is 2.44. The second kappa shape index (κ2) is 5.48. The molecule has 0 amide bonds. The van der Waals surface area contributed by atoms with Gasteiger partial charge >= 0.3 is 6.01 Å². The van der Waals surface area contributed by atoms with Crippen LogP contribution in [0.25, 0.3) is 0 Å². The highest BCUT2D eigenvalue weighted by atomic mass is 16.5. The van der Waals surface area contributed by atoms with E-state index in [4.69, 9.17) is 4.74 Å². The van der Waals surface area contributed by atoms with Gasteiger partial charge in [-0.3, -0.25) is 0 Å². The zero-order valence-corrected chi connectivity index (χ0v) is 11.8. The van der Waals surface area contributed by atoms with E-state index in [0.717, 1.165) is 43.3 Å². The lowest BCUT2D eigenvalue weighted by molar-refractivity contribution is 0.377. The van der Waals surface area contributed by atoms with E-state index in [2.05, 4.69) is 24.8 Å². The Morgan fingerprint density at radius 3 is 3.05 bits per heavy atom. The normalized spacial score (nSPS) is 19.1. The second-order valence-electron chi connectivity index (χ2n) is 5.11. The quantitative estimate of drug-likeness (QED) is 0.925. The van der Waals surface area contributed by atoms with Crippen molar-refractivity contribution in [2.75, 3.05) is 25.1 Å². The third kappa shape index (κ3) is 2.59. The molecule has 1 atom stereocenters. The molecule has 2 aromatic heterocycles. The van der Waals surface area contributed by atoms with Crippen LogP contribution in [0.15, 0.2) is 18.5 Å². The molecular formula is C14H19N5O. The van der Waals surface area contributed by atoms with Crippen molar-refractivity contribution >= 4 is 5.82 Å². The van der Waals surface area contributed by atoms with Crippen molar-refractivity contribution in [2.24, 2.45) is 0 Å². The van der Waals surface area contributed by atoms with E-state index in [1.165, 1.54) is 0 Å². The lowest BCUT2D eigenvalue weighted by Crippen LogP contribution is -2.35. The third-order valence-corrected chi connectivity index (χ3v) is 3.65. The van der Waals surface area contributed by atoms with Gasteiger partial charge in [0.1, 0.15) is 11.6 Å². The molecule has 1 aliphatic rings. The number of nitrogens with zero attached hydrogens (tertiary/aromatic N) is 4. The fourth-order valence-electron chi connectivity index (χ4n) is 2.69. The van der Waals surface area contributed by atoms with E-state index in [1.807, 2.05) is 25.4 Å². The Bertz CT molecular complexity index is 569. The van der Waals surface area contributed by atoms with Crippen LogP contribution >= 0.6 is 0 Å². The molecular weight excluding hydrogens is 254 g/mol. The van der Waals surface area contributed by atoms with Crippen LogP contribution in [0, 0.1) is 6.92 Å². The monoisotopic (exact) mass is 273 g/mol. The van der Waals surface area contributed by atoms with Gasteiger partial charge in [0, 0.05) is 43.2 Å². The molecule has 0 radical (unpaired) electrons. The predicted octanol–water partition coefficient (Wildman–Crippen LogP) is 1.90. The van der Waals surface area contributed by atoms with Crippen LogP contribution in [0.3, 0.4) is 0 Å². The highest BCUT2D eigenvalue weighted by molar-refractivity contribution is 5.41. The second-order valence-corrected chi connectivity index (χ2v) is 5.11. The average Bonchev–Trinajstić information content (AvgIpc) is 3.01. The van der Waals surface area contributed by atoms with E-state index in [9.17, 15) is 0 Å². The number of H-pyrrole nitrogens is 1. The van der Waals surface area contributed by atoms with Gasteiger partial charge in [0.05, 0.1) is 7.11 Å². The van der Waals surface area contributed by atoms with Crippen LogP contribution < -0.4 is 9.64 Å². The maximum absolute atomic E-state index is 5.16. The van der Waals surface area contributed by atoms with Crippen LogP contribution in [0.4, 0.5) is 5.82 Å². The zero-order chi connectivity index (χ0) is 13.9. The average molecular weight is 273 g/mol. The smallest absolute Gasteiger partial charge is 0.318 e. The molecule has 1 aliphatic heterocycles. The van der Waals surface area contributed by atoms with Crippen molar-refractivity contribution in [3.63, 3.8) is 0 Å². The van der Waals surface area contributed by atoms with Crippen LogP contribution in [-0.2, 0) is 0 Å². The van der Waals surface area contributed by atoms with Gasteiger partial charge in [0.25, 0.3) is 0 Å². The van der Waals surface area contributed by atoms with Gasteiger partial charge in [0.15, 0.2) is 0 Å². The van der Waals surface area contributed by atoms with Crippen LogP contribution in [0.2, 0.25) is 0 Å². The lowest BCUT2D eigenvalue weighted by atomic mass is 9.97. The molecule has 0 spiro atoms. The molecule has 1 unspecified atom stereocenters. The predicted molar refractivity (Wildman–Crippen MR) is 76.1 cm³/mol. The summed E-state index contributed by atoms with van der Waals surface area (Å²) in [7, 11) is 1.60. The van der Waals surface area contributed by atoms with Crippen molar-refractivity contribution in [2.45, 2.75) is 25.7 Å². The number of aromatic nitrogens is 4. The maximum Gasteiger partial charge on any atom is 0.318 e. The summed E-state index contributed by atoms with van der Waals surface area (Å²) in [4.78, 5) is 18.6. The number of piperidine rings is 1. The first-order valence-electron chi connectivity index (χ1n) is 6.90. The topological polar surface area (TPSA) is 66.9 Å². The van der Waals surface area contributed by atoms with Crippen LogP contribution in [0.1, 0.15) is 30.3 Å². The van der Waals surface area contributed by atoms with E-state index >= 15 is 0 Å². The molecule has 6 heteroatoms. The fraction of sp³-hybridized carbons (Fsp3) is 0.500. The molecule has 2 aromatic rings. The number of aromatic amines is 1. The van der Waals surface area contributed by atoms with Crippen molar-refractivity contribution in [3.8, 4) is 6.01 Å². The summed E-state index contributed by atoms with van der Waals surface area (Å²) in [6.07, 6.45) is 5.99. The molecule has 0 aromatic carbocycles. The number of imidazole rings is 1. The first-order chi connectivity index (χ1) is 9.76. The van der Waals surface area contributed by atoms with Crippen molar-refractivity contribution in [1.29, 1.82) is 0 Å². The molecule has 106 valence electrons. The first-order valence-corrected chi connectivity index (χ1v) is 6.90. The molecule has 1 N–H and O–H groups in total.